The molecule has 2 aliphatic carbocycles. The first kappa shape index (κ1) is 33.4. The van der Waals surface area contributed by atoms with Crippen molar-refractivity contribution in [2.24, 2.45) is 11.3 Å². The number of aliphatic hydroxyl groups excluding tert-OH is 1. The van der Waals surface area contributed by atoms with Gasteiger partial charge in [0, 0.05) is 12.5 Å². The number of nitrogens with two attached hydrogens (primary N) is 1. The summed E-state index contributed by atoms with van der Waals surface area (Å²) >= 11 is 5.46. The molecule has 4 aliphatic rings. The number of phosphoric ester groups is 1. The van der Waals surface area contributed by atoms with Crippen LogP contribution in [0.1, 0.15) is 31.4 Å². The third kappa shape index (κ3) is 5.39. The van der Waals surface area contributed by atoms with Gasteiger partial charge in [0.25, 0.3) is 5.56 Å². The second-order valence-corrected chi connectivity index (χ2v) is 16.8. The number of aliphatic hydroxyl groups is 1. The Morgan fingerprint density at radius 3 is 2.71 bits per heavy atom. The van der Waals surface area contributed by atoms with E-state index in [4.69, 9.17) is 49.6 Å². The predicted octanol–water partition coefficient (Wildman–Crippen LogP) is 0.863. The molecule has 49 heavy (non-hydrogen) atoms. The van der Waals surface area contributed by atoms with Crippen LogP contribution in [0.15, 0.2) is 23.8 Å². The molecule has 2 bridgehead atoms. The standard InChI is InChI=1S/C26H33N9O11P2S/c1-4-41-47(38)43-7-26-5-12(26)16(34-9-30-14-21(27)28-8-29-22(14)34)17(36)20(26)46-48(39,49)42-6-13-18(40-3)19(45-47)25(44-13)35-10-31-15-23(35)32-11(2)33-24(15)37/h8-10,12-13,16-20,25,36H,4-7H2,1-3H3,(H,39,49)(H2,27,28,29)(H,32,33,37)/t12-,13-,16-,17+,18-,19-,20+,25-,26?,47-,48?/m1/s1. The first-order valence-electron chi connectivity index (χ1n) is 15.3. The summed E-state index contributed by atoms with van der Waals surface area (Å²) in [5.74, 6) is 0.162. The first-order chi connectivity index (χ1) is 23.4. The van der Waals surface area contributed by atoms with Crippen molar-refractivity contribution in [2.75, 3.05) is 32.7 Å². The van der Waals surface area contributed by atoms with Gasteiger partial charge in [-0.05, 0) is 38.0 Å². The summed E-state index contributed by atoms with van der Waals surface area (Å²) in [7, 11) is -3.04. The van der Waals surface area contributed by atoms with Crippen molar-refractivity contribution < 1.29 is 46.7 Å². The monoisotopic (exact) mass is 741 g/mol. The van der Waals surface area contributed by atoms with Crippen LogP contribution in [0.4, 0.5) is 5.82 Å². The zero-order chi connectivity index (χ0) is 34.5. The minimum atomic E-state index is -4.43. The number of anilines is 1. The Hall–Kier alpha value is -2.78. The van der Waals surface area contributed by atoms with E-state index in [1.807, 2.05) is 0 Å². The number of H-pyrrole nitrogens is 1. The number of aryl methyl sites for hydroxylation is 1. The van der Waals surface area contributed by atoms with E-state index in [1.54, 1.807) is 18.4 Å². The lowest BCUT2D eigenvalue weighted by Crippen LogP contribution is -2.38. The molecule has 2 aliphatic heterocycles. The molecule has 5 N–H and O–H groups in total. The summed E-state index contributed by atoms with van der Waals surface area (Å²) in [6.45, 7) is -1.54. The number of nitrogens with zero attached hydrogens (tertiary/aromatic N) is 7. The van der Waals surface area contributed by atoms with Gasteiger partial charge in [-0.15, -0.1) is 0 Å². The number of aromatic nitrogens is 8. The van der Waals surface area contributed by atoms with Crippen LogP contribution in [0.2, 0.25) is 0 Å². The van der Waals surface area contributed by atoms with E-state index in [0.717, 1.165) is 0 Å². The van der Waals surface area contributed by atoms with E-state index in [-0.39, 0.29) is 42.7 Å². The van der Waals surface area contributed by atoms with Crippen LogP contribution in [0, 0.1) is 18.3 Å². The topological polar surface area (TPSA) is 255 Å². The second-order valence-electron chi connectivity index (χ2n) is 12.3. The first-order valence-corrected chi connectivity index (χ1v) is 19.4. The van der Waals surface area contributed by atoms with Crippen LogP contribution in [0.5, 0.6) is 0 Å². The summed E-state index contributed by atoms with van der Waals surface area (Å²) in [6, 6.07) is -0.668. The Morgan fingerprint density at radius 2 is 1.94 bits per heavy atom. The molecule has 264 valence electrons. The van der Waals surface area contributed by atoms with Gasteiger partial charge in [-0.25, -0.2) is 29.5 Å². The highest BCUT2D eigenvalue weighted by atomic mass is 32.5. The van der Waals surface area contributed by atoms with Crippen molar-refractivity contribution in [1.29, 1.82) is 0 Å². The second kappa shape index (κ2) is 11.9. The molecular weight excluding hydrogens is 708 g/mol. The van der Waals surface area contributed by atoms with Crippen molar-refractivity contribution in [3.63, 3.8) is 0 Å². The van der Waals surface area contributed by atoms with Crippen LogP contribution < -0.4 is 11.3 Å². The normalized spacial score (nSPS) is 39.3. The van der Waals surface area contributed by atoms with Gasteiger partial charge in [-0.1, -0.05) is 0 Å². The largest absolute Gasteiger partial charge is 0.475 e. The molecule has 23 heteroatoms. The Balaban J connectivity index is 1.18. The lowest BCUT2D eigenvalue weighted by molar-refractivity contribution is -0.0636. The molecule has 2 saturated heterocycles. The fraction of sp³-hybridized carbons (Fsp3) is 0.615. The number of nitrogens with one attached hydrogen (secondary N) is 1. The molecule has 4 fully saturated rings. The predicted molar refractivity (Wildman–Crippen MR) is 170 cm³/mol. The van der Waals surface area contributed by atoms with Crippen LogP contribution >= 0.6 is 14.5 Å². The van der Waals surface area contributed by atoms with Crippen LogP contribution in [0.3, 0.4) is 0 Å². The molecule has 4 aromatic heterocycles. The Bertz CT molecular complexity index is 2100. The van der Waals surface area contributed by atoms with Crippen molar-refractivity contribution in [2.45, 2.75) is 63.1 Å². The maximum absolute atomic E-state index is 14.5. The van der Waals surface area contributed by atoms with Gasteiger partial charge in [0.1, 0.15) is 48.2 Å². The van der Waals surface area contributed by atoms with Gasteiger partial charge in [0.05, 0.1) is 38.5 Å². The number of phosphoric acid groups is 1. The SMILES string of the molecule is CCO[P@]1(=O)OCC23C[C@@H]2[C@@H](n2cnc4c(N)ncnc42)[C@H](O)[C@@H]3OP(O)(=S)OC[C@H]2O[C@@H](n3cnc4c(=O)[nH]c(C)nc43)[C@H](O1)[C@@H]2OC. The molecule has 20 nitrogen and oxygen atoms in total. The van der Waals surface area contributed by atoms with E-state index < -0.39 is 68.3 Å². The number of hydrogen-bond acceptors (Lipinski definition) is 17. The third-order valence-corrected chi connectivity index (χ3v) is 12.7. The number of nitrogen functional groups attached to an aromatic ring is 1. The smallest absolute Gasteiger partial charge is 0.388 e. The zero-order valence-corrected chi connectivity index (χ0v) is 28.9. The summed E-state index contributed by atoms with van der Waals surface area (Å²) in [4.78, 5) is 47.9. The van der Waals surface area contributed by atoms with Gasteiger partial charge in [-0.2, -0.15) is 0 Å². The van der Waals surface area contributed by atoms with Crippen molar-refractivity contribution in [3.8, 4) is 0 Å². The van der Waals surface area contributed by atoms with Crippen molar-refractivity contribution in [3.05, 3.63) is 35.2 Å². The molecule has 1 spiro atoms. The van der Waals surface area contributed by atoms with Crippen molar-refractivity contribution >= 4 is 54.5 Å². The highest BCUT2D eigenvalue weighted by molar-refractivity contribution is 8.07. The van der Waals surface area contributed by atoms with Gasteiger partial charge in [0.15, 0.2) is 28.9 Å². The highest BCUT2D eigenvalue weighted by Gasteiger charge is 2.74. The Morgan fingerprint density at radius 1 is 1.16 bits per heavy atom. The lowest BCUT2D eigenvalue weighted by Gasteiger charge is -2.32. The maximum Gasteiger partial charge on any atom is 0.475 e. The quantitative estimate of drug-likeness (QED) is 0.207. The van der Waals surface area contributed by atoms with Gasteiger partial charge < -0.3 is 43.8 Å². The van der Waals surface area contributed by atoms with E-state index in [0.29, 0.717) is 23.4 Å². The minimum Gasteiger partial charge on any atom is -0.388 e. The van der Waals surface area contributed by atoms with Gasteiger partial charge in [-0.3, -0.25) is 22.9 Å². The van der Waals surface area contributed by atoms with Crippen LogP contribution in [-0.2, 0) is 48.5 Å². The molecule has 0 amide bonds. The number of hydrogen-bond donors (Lipinski definition) is 4. The number of rotatable bonds is 5. The fourth-order valence-electron chi connectivity index (χ4n) is 7.39. The fourth-order valence-corrected chi connectivity index (χ4v) is 10.3. The van der Waals surface area contributed by atoms with E-state index >= 15 is 0 Å². The molecule has 2 saturated carbocycles. The highest BCUT2D eigenvalue weighted by Crippen LogP contribution is 2.72. The van der Waals surface area contributed by atoms with Crippen LogP contribution in [0.25, 0.3) is 22.3 Å². The summed E-state index contributed by atoms with van der Waals surface area (Å²) in [5, 5.41) is 11.7. The molecule has 2 unspecified atom stereocenters. The van der Waals surface area contributed by atoms with E-state index in [2.05, 4.69) is 29.9 Å². The van der Waals surface area contributed by atoms with E-state index in [1.165, 1.54) is 30.7 Å². The Kier molecular flexibility index (Phi) is 8.10. The average Bonchev–Trinajstić information content (AvgIpc) is 3.35. The number of imidazole rings is 2. The zero-order valence-electron chi connectivity index (χ0n) is 26.3. The summed E-state index contributed by atoms with van der Waals surface area (Å²) < 4.78 is 59.5. The number of aromatic amines is 1. The summed E-state index contributed by atoms with van der Waals surface area (Å²) in [5.41, 5.74) is 5.50. The van der Waals surface area contributed by atoms with E-state index in [9.17, 15) is 19.4 Å². The lowest BCUT2D eigenvalue weighted by atomic mass is 10.0. The third-order valence-electron chi connectivity index (χ3n) is 9.59. The molecule has 4 aromatic rings. The van der Waals surface area contributed by atoms with Gasteiger partial charge in [0.2, 0.25) is 0 Å². The molecule has 6 heterocycles. The van der Waals surface area contributed by atoms with Gasteiger partial charge >= 0.3 is 14.5 Å². The van der Waals surface area contributed by atoms with Crippen molar-refractivity contribution in [1.82, 2.24) is 39.0 Å². The molecule has 0 radical (unpaired) electrons. The minimum absolute atomic E-state index is 0.0404. The van der Waals surface area contributed by atoms with Crippen LogP contribution in [-0.4, -0.2) is 106 Å². The molecule has 0 aromatic carbocycles. The maximum atomic E-state index is 14.5. The summed E-state index contributed by atoms with van der Waals surface area (Å²) in [6.07, 6.45) is -2.12. The Labute approximate surface area is 282 Å². The average molecular weight is 742 g/mol. The number of ether oxygens (including phenoxy) is 2. The molecule has 11 atom stereocenters. The molecular formula is C26H33N9O11P2S. The number of fused-ring (bicyclic) bond motifs is 4. The molecule has 8 rings (SSSR count). The number of methoxy groups -OCH3 is 1.